The van der Waals surface area contributed by atoms with Crippen molar-refractivity contribution in [3.8, 4) is 0 Å². The fraction of sp³-hybridized carbons (Fsp3) is 0.947. The number of Topliss-reactive ketones (excluding diaryl/α,β-unsaturated/α-hetero) is 1. The van der Waals surface area contributed by atoms with Gasteiger partial charge in [0.1, 0.15) is 5.78 Å². The standard InChI is InChI=1S/C19H43NO3Si2/c1-8-18(17-20-14-12-16-25(6,7)23-10-3)19(21)13-11-15-24(4,5)22-9-2/h18,20H,8-17H2,1-7H3. The maximum atomic E-state index is 12.4. The summed E-state index contributed by atoms with van der Waals surface area (Å²) in [5.41, 5.74) is 0. The predicted molar refractivity (Wildman–Crippen MR) is 113 cm³/mol. The normalized spacial score (nSPS) is 13.9. The van der Waals surface area contributed by atoms with Crippen LogP contribution in [0.25, 0.3) is 0 Å². The Hall–Kier alpha value is -0.0162. The topological polar surface area (TPSA) is 47.6 Å². The Morgan fingerprint density at radius 3 is 1.92 bits per heavy atom. The maximum absolute atomic E-state index is 12.4. The van der Waals surface area contributed by atoms with Gasteiger partial charge in [-0.25, -0.2) is 0 Å². The summed E-state index contributed by atoms with van der Waals surface area (Å²) in [7, 11) is -3.02. The Morgan fingerprint density at radius 1 is 0.920 bits per heavy atom. The van der Waals surface area contributed by atoms with Crippen molar-refractivity contribution in [1.82, 2.24) is 5.32 Å². The van der Waals surface area contributed by atoms with Crippen molar-refractivity contribution in [2.75, 3.05) is 26.3 Å². The van der Waals surface area contributed by atoms with Gasteiger partial charge in [0.05, 0.1) is 0 Å². The van der Waals surface area contributed by atoms with Gasteiger partial charge >= 0.3 is 0 Å². The van der Waals surface area contributed by atoms with Crippen molar-refractivity contribution in [1.29, 1.82) is 0 Å². The fourth-order valence-corrected chi connectivity index (χ4v) is 7.13. The van der Waals surface area contributed by atoms with Crippen LogP contribution in [0.2, 0.25) is 38.3 Å². The van der Waals surface area contributed by atoms with Crippen molar-refractivity contribution < 1.29 is 13.6 Å². The third-order valence-corrected chi connectivity index (χ3v) is 10.00. The lowest BCUT2D eigenvalue weighted by molar-refractivity contribution is -0.122. The van der Waals surface area contributed by atoms with Crippen LogP contribution in [0.3, 0.4) is 0 Å². The van der Waals surface area contributed by atoms with Crippen LogP contribution in [0.4, 0.5) is 0 Å². The van der Waals surface area contributed by atoms with E-state index in [-0.39, 0.29) is 5.92 Å². The van der Waals surface area contributed by atoms with E-state index in [4.69, 9.17) is 8.85 Å². The zero-order chi connectivity index (χ0) is 19.3. The minimum atomic E-state index is -1.55. The molecule has 0 aliphatic carbocycles. The van der Waals surface area contributed by atoms with Crippen LogP contribution in [0.1, 0.15) is 46.5 Å². The molecule has 0 aromatic rings. The lowest BCUT2D eigenvalue weighted by Gasteiger charge is -2.23. The van der Waals surface area contributed by atoms with Crippen molar-refractivity contribution in [3.63, 3.8) is 0 Å². The Kier molecular flexibility index (Phi) is 13.2. The Labute approximate surface area is 158 Å². The van der Waals surface area contributed by atoms with Gasteiger partial charge in [-0.3, -0.25) is 4.79 Å². The Morgan fingerprint density at radius 2 is 1.44 bits per heavy atom. The fourth-order valence-electron chi connectivity index (χ4n) is 3.22. The molecule has 0 aliphatic rings. The van der Waals surface area contributed by atoms with Crippen molar-refractivity contribution in [2.45, 2.75) is 84.7 Å². The summed E-state index contributed by atoms with van der Waals surface area (Å²) in [6.45, 7) is 18.7. The van der Waals surface area contributed by atoms with Crippen molar-refractivity contribution in [2.24, 2.45) is 5.92 Å². The molecule has 1 atom stereocenters. The Bertz CT molecular complexity index is 363. The molecule has 0 fully saturated rings. The summed E-state index contributed by atoms with van der Waals surface area (Å²) in [6.07, 6.45) is 3.74. The van der Waals surface area contributed by atoms with Crippen molar-refractivity contribution in [3.05, 3.63) is 0 Å². The number of carbonyl (C=O) groups excluding carboxylic acids is 1. The van der Waals surface area contributed by atoms with E-state index in [2.05, 4.69) is 52.3 Å². The SMILES string of the molecule is CCO[Si](C)(C)CCCNCC(CC)C(=O)CCC[Si](C)(C)OCC. The van der Waals surface area contributed by atoms with Gasteiger partial charge in [0.15, 0.2) is 16.6 Å². The summed E-state index contributed by atoms with van der Waals surface area (Å²) in [6, 6.07) is 2.25. The molecular formula is C19H43NO3Si2. The van der Waals surface area contributed by atoms with Crippen molar-refractivity contribution >= 4 is 22.4 Å². The third kappa shape index (κ3) is 12.9. The molecule has 25 heavy (non-hydrogen) atoms. The van der Waals surface area contributed by atoms with Crippen LogP contribution >= 0.6 is 0 Å². The van der Waals surface area contributed by atoms with Gasteiger partial charge in [0.2, 0.25) is 0 Å². The number of hydrogen-bond donors (Lipinski definition) is 1. The number of rotatable bonds is 16. The first-order valence-electron chi connectivity index (χ1n) is 10.2. The molecule has 0 spiro atoms. The number of ketones is 1. The average molecular weight is 390 g/mol. The van der Waals surface area contributed by atoms with E-state index in [0.717, 1.165) is 51.6 Å². The molecular weight excluding hydrogens is 346 g/mol. The molecule has 1 unspecified atom stereocenters. The molecule has 0 radical (unpaired) electrons. The largest absolute Gasteiger partial charge is 0.418 e. The van der Waals surface area contributed by atoms with E-state index >= 15 is 0 Å². The molecule has 4 nitrogen and oxygen atoms in total. The zero-order valence-corrected chi connectivity index (χ0v) is 19.9. The first-order chi connectivity index (χ1) is 11.7. The van der Waals surface area contributed by atoms with Crippen LogP contribution in [0, 0.1) is 5.92 Å². The van der Waals surface area contributed by atoms with Gasteiger partial charge < -0.3 is 14.2 Å². The highest BCUT2D eigenvalue weighted by Gasteiger charge is 2.23. The minimum absolute atomic E-state index is 0.161. The lowest BCUT2D eigenvalue weighted by Crippen LogP contribution is -2.33. The highest BCUT2D eigenvalue weighted by Crippen LogP contribution is 2.17. The number of hydrogen-bond acceptors (Lipinski definition) is 4. The van der Waals surface area contributed by atoms with Crippen LogP contribution in [-0.2, 0) is 13.6 Å². The first-order valence-corrected chi connectivity index (χ1v) is 16.4. The molecule has 6 heteroatoms. The quantitative estimate of drug-likeness (QED) is 0.303. The van der Waals surface area contributed by atoms with Crippen LogP contribution in [-0.4, -0.2) is 48.7 Å². The van der Waals surface area contributed by atoms with E-state index in [9.17, 15) is 4.79 Å². The highest BCUT2D eigenvalue weighted by atomic mass is 28.4. The molecule has 0 aromatic heterocycles. The highest BCUT2D eigenvalue weighted by molar-refractivity contribution is 6.71. The van der Waals surface area contributed by atoms with Gasteiger partial charge in [-0.1, -0.05) is 6.92 Å². The second kappa shape index (κ2) is 13.2. The smallest absolute Gasteiger partial charge is 0.186 e. The van der Waals surface area contributed by atoms with Gasteiger partial charge in [-0.15, -0.1) is 0 Å². The maximum Gasteiger partial charge on any atom is 0.186 e. The van der Waals surface area contributed by atoms with Gasteiger partial charge in [-0.05, 0) is 77.9 Å². The van der Waals surface area contributed by atoms with Crippen LogP contribution < -0.4 is 5.32 Å². The lowest BCUT2D eigenvalue weighted by atomic mass is 9.98. The zero-order valence-electron chi connectivity index (χ0n) is 17.9. The molecule has 0 heterocycles. The molecule has 0 aliphatic heterocycles. The number of carbonyl (C=O) groups is 1. The monoisotopic (exact) mass is 389 g/mol. The molecule has 0 amide bonds. The summed E-state index contributed by atoms with van der Waals surface area (Å²) in [5.74, 6) is 0.578. The third-order valence-electron chi connectivity index (χ3n) is 4.74. The van der Waals surface area contributed by atoms with E-state index < -0.39 is 16.6 Å². The second-order valence-corrected chi connectivity index (χ2v) is 16.7. The van der Waals surface area contributed by atoms with Gasteiger partial charge in [-0.2, -0.15) is 0 Å². The Balaban J connectivity index is 3.98. The molecule has 1 N–H and O–H groups in total. The molecule has 0 rings (SSSR count). The minimum Gasteiger partial charge on any atom is -0.418 e. The average Bonchev–Trinajstić information content (AvgIpc) is 2.50. The second-order valence-electron chi connectivity index (χ2n) is 8.12. The van der Waals surface area contributed by atoms with E-state index in [1.54, 1.807) is 0 Å². The van der Waals surface area contributed by atoms with E-state index in [0.29, 0.717) is 12.2 Å². The van der Waals surface area contributed by atoms with E-state index in [1.165, 1.54) is 6.04 Å². The van der Waals surface area contributed by atoms with Crippen LogP contribution in [0.5, 0.6) is 0 Å². The van der Waals surface area contributed by atoms with Crippen LogP contribution in [0.15, 0.2) is 0 Å². The molecule has 0 aromatic carbocycles. The molecule has 0 saturated carbocycles. The number of nitrogens with one attached hydrogen (secondary N) is 1. The summed E-state index contributed by atoms with van der Waals surface area (Å²) in [4.78, 5) is 12.4. The predicted octanol–water partition coefficient (Wildman–Crippen LogP) is 4.82. The summed E-state index contributed by atoms with van der Waals surface area (Å²) >= 11 is 0. The molecule has 0 saturated heterocycles. The van der Waals surface area contributed by atoms with E-state index in [1.807, 2.05) is 0 Å². The first kappa shape index (κ1) is 25.0. The summed E-state index contributed by atoms with van der Waals surface area (Å²) < 4.78 is 11.7. The summed E-state index contributed by atoms with van der Waals surface area (Å²) in [5, 5.41) is 3.49. The molecule has 0 bridgehead atoms. The van der Waals surface area contributed by atoms with Gasteiger partial charge in [0.25, 0.3) is 0 Å². The molecule has 150 valence electrons. The van der Waals surface area contributed by atoms with Gasteiger partial charge in [0, 0.05) is 32.1 Å².